The molecule has 0 spiro atoms. The first-order chi connectivity index (χ1) is 17.8. The SMILES string of the molecule is O=C(NCc1ccc2c(c1)OCO2)C(=O)Nn1c(C(=O)Nc2ccc(Cl)cc2Cl)cc2cc(Cl)ccc21. The standard InChI is InChI=1S/C25H17Cl3N4O5/c26-15-3-5-19-14(8-15)9-20(23(33)30-18-4-2-16(27)10-17(18)28)32(19)31-25(35)24(34)29-11-13-1-6-21-22(7-13)37-12-36-21/h1-10H,11-12H2,(H,29,34)(H,30,33)(H,31,35). The average Bonchev–Trinajstić information content (AvgIpc) is 3.48. The van der Waals surface area contributed by atoms with Gasteiger partial charge in [-0.15, -0.1) is 0 Å². The van der Waals surface area contributed by atoms with Gasteiger partial charge in [0.05, 0.1) is 16.2 Å². The molecule has 0 saturated heterocycles. The zero-order valence-corrected chi connectivity index (χ0v) is 21.1. The van der Waals surface area contributed by atoms with E-state index in [4.69, 9.17) is 44.3 Å². The van der Waals surface area contributed by atoms with Crippen LogP contribution in [0.5, 0.6) is 11.5 Å². The molecule has 5 rings (SSSR count). The molecule has 0 unspecified atom stereocenters. The van der Waals surface area contributed by atoms with Gasteiger partial charge in [0.2, 0.25) is 6.79 Å². The lowest BCUT2D eigenvalue weighted by atomic mass is 10.2. The molecule has 2 heterocycles. The average molecular weight is 560 g/mol. The molecule has 3 aromatic carbocycles. The van der Waals surface area contributed by atoms with Crippen LogP contribution in [0, 0.1) is 0 Å². The van der Waals surface area contributed by atoms with E-state index in [0.29, 0.717) is 43.7 Å². The van der Waals surface area contributed by atoms with E-state index in [1.165, 1.54) is 16.8 Å². The summed E-state index contributed by atoms with van der Waals surface area (Å²) in [6.07, 6.45) is 0. The number of anilines is 1. The van der Waals surface area contributed by atoms with Gasteiger partial charge in [-0.25, -0.2) is 4.68 Å². The Morgan fingerprint density at radius 2 is 1.59 bits per heavy atom. The molecule has 0 saturated carbocycles. The normalized spacial score (nSPS) is 11.9. The molecule has 0 aliphatic carbocycles. The highest BCUT2D eigenvalue weighted by atomic mass is 35.5. The maximum absolute atomic E-state index is 13.2. The number of nitrogens with zero attached hydrogens (tertiary/aromatic N) is 1. The van der Waals surface area contributed by atoms with Crippen LogP contribution in [0.25, 0.3) is 10.9 Å². The van der Waals surface area contributed by atoms with E-state index in [1.54, 1.807) is 48.5 Å². The van der Waals surface area contributed by atoms with Gasteiger partial charge in [0.1, 0.15) is 5.69 Å². The molecule has 188 valence electrons. The molecule has 9 nitrogen and oxygen atoms in total. The van der Waals surface area contributed by atoms with Gasteiger partial charge >= 0.3 is 11.8 Å². The van der Waals surface area contributed by atoms with Crippen molar-refractivity contribution in [2.45, 2.75) is 6.54 Å². The Morgan fingerprint density at radius 3 is 2.41 bits per heavy atom. The Hall–Kier alpha value is -3.92. The fourth-order valence-corrected chi connectivity index (χ4v) is 4.35. The van der Waals surface area contributed by atoms with Gasteiger partial charge < -0.3 is 20.1 Å². The quantitative estimate of drug-likeness (QED) is 0.299. The number of benzene rings is 3. The number of hydrogen-bond acceptors (Lipinski definition) is 5. The molecule has 1 aliphatic rings. The number of carbonyl (C=O) groups excluding carboxylic acids is 3. The highest BCUT2D eigenvalue weighted by Crippen LogP contribution is 2.32. The van der Waals surface area contributed by atoms with Crippen LogP contribution in [0.2, 0.25) is 15.1 Å². The predicted octanol–water partition coefficient (Wildman–Crippen LogP) is 4.97. The second kappa shape index (κ2) is 10.2. The topological polar surface area (TPSA) is 111 Å². The van der Waals surface area contributed by atoms with Crippen LogP contribution in [0.1, 0.15) is 16.1 Å². The fourth-order valence-electron chi connectivity index (χ4n) is 3.72. The number of rotatable bonds is 5. The minimum atomic E-state index is -0.980. The fraction of sp³-hybridized carbons (Fsp3) is 0.0800. The van der Waals surface area contributed by atoms with Crippen LogP contribution < -0.4 is 25.5 Å². The van der Waals surface area contributed by atoms with E-state index in [0.717, 1.165) is 0 Å². The minimum Gasteiger partial charge on any atom is -0.454 e. The summed E-state index contributed by atoms with van der Waals surface area (Å²) >= 11 is 18.2. The largest absolute Gasteiger partial charge is 0.454 e. The Kier molecular flexibility index (Phi) is 6.84. The molecule has 1 aromatic heterocycles. The number of ether oxygens (including phenoxy) is 2. The van der Waals surface area contributed by atoms with Crippen LogP contribution >= 0.6 is 34.8 Å². The Labute approximate surface area is 225 Å². The summed E-state index contributed by atoms with van der Waals surface area (Å²) in [5, 5.41) is 6.88. The molecule has 3 amide bonds. The molecule has 3 N–H and O–H groups in total. The highest BCUT2D eigenvalue weighted by molar-refractivity contribution is 6.38. The summed E-state index contributed by atoms with van der Waals surface area (Å²) in [5.74, 6) is -1.30. The Balaban J connectivity index is 1.35. The van der Waals surface area contributed by atoms with Crippen molar-refractivity contribution >= 4 is 69.1 Å². The van der Waals surface area contributed by atoms with Crippen LogP contribution in [-0.2, 0) is 16.1 Å². The lowest BCUT2D eigenvalue weighted by Crippen LogP contribution is -2.39. The van der Waals surface area contributed by atoms with Crippen molar-refractivity contribution in [3.8, 4) is 11.5 Å². The lowest BCUT2D eigenvalue weighted by molar-refractivity contribution is -0.136. The maximum Gasteiger partial charge on any atom is 0.328 e. The second-order valence-corrected chi connectivity index (χ2v) is 9.24. The molecule has 12 heteroatoms. The molecule has 1 aliphatic heterocycles. The first-order valence-corrected chi connectivity index (χ1v) is 12.0. The maximum atomic E-state index is 13.2. The second-order valence-electron chi connectivity index (χ2n) is 7.96. The Morgan fingerprint density at radius 1 is 0.838 bits per heavy atom. The van der Waals surface area contributed by atoms with Gasteiger partial charge in [0.15, 0.2) is 11.5 Å². The molecule has 37 heavy (non-hydrogen) atoms. The number of aromatic nitrogens is 1. The van der Waals surface area contributed by atoms with E-state index in [2.05, 4.69) is 16.1 Å². The third-order valence-electron chi connectivity index (χ3n) is 5.49. The number of amides is 3. The van der Waals surface area contributed by atoms with Crippen molar-refractivity contribution in [1.29, 1.82) is 0 Å². The van der Waals surface area contributed by atoms with Gasteiger partial charge in [-0.05, 0) is 60.2 Å². The van der Waals surface area contributed by atoms with Gasteiger partial charge in [-0.2, -0.15) is 0 Å². The molecule has 0 fully saturated rings. The lowest BCUT2D eigenvalue weighted by Gasteiger charge is -2.13. The summed E-state index contributed by atoms with van der Waals surface area (Å²) in [6.45, 7) is 0.205. The predicted molar refractivity (Wildman–Crippen MR) is 140 cm³/mol. The molecule has 0 radical (unpaired) electrons. The molecular weight excluding hydrogens is 543 g/mol. The molecular formula is C25H17Cl3N4O5. The van der Waals surface area contributed by atoms with Gasteiger partial charge in [-0.3, -0.25) is 19.8 Å². The minimum absolute atomic E-state index is 0.0419. The molecule has 4 aromatic rings. The van der Waals surface area contributed by atoms with Gasteiger partial charge in [0.25, 0.3) is 5.91 Å². The third kappa shape index (κ3) is 5.29. The molecule has 0 atom stereocenters. The van der Waals surface area contributed by atoms with E-state index in [9.17, 15) is 14.4 Å². The molecule has 0 bridgehead atoms. The van der Waals surface area contributed by atoms with Gasteiger partial charge in [-0.1, -0.05) is 40.9 Å². The van der Waals surface area contributed by atoms with Crippen molar-refractivity contribution in [2.24, 2.45) is 0 Å². The first kappa shape index (κ1) is 24.8. The monoisotopic (exact) mass is 558 g/mol. The highest BCUT2D eigenvalue weighted by Gasteiger charge is 2.22. The smallest absolute Gasteiger partial charge is 0.328 e. The summed E-state index contributed by atoms with van der Waals surface area (Å²) in [5.41, 5.74) is 4.01. The van der Waals surface area contributed by atoms with E-state index in [1.807, 2.05) is 0 Å². The van der Waals surface area contributed by atoms with Crippen LogP contribution in [0.15, 0.2) is 60.7 Å². The number of halogens is 3. The number of carbonyl (C=O) groups is 3. The number of nitrogens with one attached hydrogen (secondary N) is 3. The van der Waals surface area contributed by atoms with Crippen molar-refractivity contribution in [1.82, 2.24) is 9.99 Å². The van der Waals surface area contributed by atoms with Crippen LogP contribution in [0.3, 0.4) is 0 Å². The van der Waals surface area contributed by atoms with E-state index < -0.39 is 17.7 Å². The van der Waals surface area contributed by atoms with Gasteiger partial charge in [0, 0.05) is 22.0 Å². The van der Waals surface area contributed by atoms with E-state index in [-0.39, 0.29) is 24.1 Å². The van der Waals surface area contributed by atoms with Crippen molar-refractivity contribution in [2.75, 3.05) is 17.5 Å². The number of fused-ring (bicyclic) bond motifs is 2. The van der Waals surface area contributed by atoms with Crippen LogP contribution in [0.4, 0.5) is 5.69 Å². The summed E-state index contributed by atoms with van der Waals surface area (Å²) in [7, 11) is 0. The number of hydrogen-bond donors (Lipinski definition) is 3. The third-order valence-corrected chi connectivity index (χ3v) is 6.27. The summed E-state index contributed by atoms with van der Waals surface area (Å²) in [6, 6.07) is 16.2. The van der Waals surface area contributed by atoms with Crippen molar-refractivity contribution in [3.63, 3.8) is 0 Å². The summed E-state index contributed by atoms with van der Waals surface area (Å²) in [4.78, 5) is 38.5. The van der Waals surface area contributed by atoms with Crippen molar-refractivity contribution in [3.05, 3.63) is 87.0 Å². The van der Waals surface area contributed by atoms with Crippen molar-refractivity contribution < 1.29 is 23.9 Å². The zero-order valence-electron chi connectivity index (χ0n) is 18.8. The van der Waals surface area contributed by atoms with Crippen LogP contribution in [-0.4, -0.2) is 29.2 Å². The van der Waals surface area contributed by atoms with E-state index >= 15 is 0 Å². The first-order valence-electron chi connectivity index (χ1n) is 10.8. The zero-order chi connectivity index (χ0) is 26.1. The Bertz CT molecular complexity index is 1570. The summed E-state index contributed by atoms with van der Waals surface area (Å²) < 4.78 is 11.8.